The van der Waals surface area contributed by atoms with E-state index in [1.54, 1.807) is 0 Å². The van der Waals surface area contributed by atoms with Crippen LogP contribution in [0.2, 0.25) is 18.6 Å². The molecule has 1 aliphatic carbocycles. The number of halogens is 1. The Balaban J connectivity index is 1.90. The molecule has 1 nitrogen and oxygen atoms in total. The van der Waals surface area contributed by atoms with Crippen LogP contribution in [0, 0.1) is 31.6 Å². The third-order valence-electron chi connectivity index (χ3n) is 6.05. The van der Waals surface area contributed by atoms with Gasteiger partial charge < -0.3 is 4.98 Å². The summed E-state index contributed by atoms with van der Waals surface area (Å²) in [5.41, 5.74) is 4.88. The van der Waals surface area contributed by atoms with Crippen LogP contribution in [0.25, 0.3) is 0 Å². The number of hydrogen-bond acceptors (Lipinski definition) is 2. The topological polar surface area (TPSA) is 12.0 Å². The molecule has 1 aliphatic heterocycles. The molecule has 0 aromatic heterocycles. The van der Waals surface area contributed by atoms with Crippen LogP contribution >= 0.6 is 27.7 Å². The molecule has 1 aromatic carbocycles. The Labute approximate surface area is 154 Å². The van der Waals surface area contributed by atoms with Gasteiger partial charge in [0.2, 0.25) is 0 Å². The van der Waals surface area contributed by atoms with Crippen LogP contribution in [0.15, 0.2) is 28.1 Å². The van der Waals surface area contributed by atoms with Crippen LogP contribution in [0.4, 0.5) is 5.69 Å². The van der Waals surface area contributed by atoms with Crippen molar-refractivity contribution in [1.29, 1.82) is 0 Å². The number of rotatable bonds is 3. The second kappa shape index (κ2) is 6.27. The summed E-state index contributed by atoms with van der Waals surface area (Å²) in [4.78, 5) is 4.06. The van der Waals surface area contributed by atoms with E-state index < -0.39 is 8.24 Å². The first kappa shape index (κ1) is 17.6. The molecule has 5 unspecified atom stereocenters. The minimum Gasteiger partial charge on any atom is -0.410 e. The second-order valence-corrected chi connectivity index (χ2v) is 14.4. The lowest BCUT2D eigenvalue weighted by Crippen LogP contribution is -2.47. The van der Waals surface area contributed by atoms with Crippen molar-refractivity contribution in [2.45, 2.75) is 51.6 Å². The lowest BCUT2D eigenvalue weighted by Gasteiger charge is -2.38. The molecular weight excluding hydrogens is 382 g/mol. The number of aryl methyl sites for hydroxylation is 2. The molecule has 0 saturated heterocycles. The van der Waals surface area contributed by atoms with E-state index in [0.29, 0.717) is 0 Å². The van der Waals surface area contributed by atoms with Gasteiger partial charge in [-0.3, -0.25) is 0 Å². The predicted octanol–water partition coefficient (Wildman–Crippen LogP) is 6.58. The monoisotopic (exact) mass is 409 g/mol. The van der Waals surface area contributed by atoms with Crippen LogP contribution in [-0.4, -0.2) is 13.5 Å². The van der Waals surface area contributed by atoms with Crippen LogP contribution in [0.5, 0.6) is 0 Å². The summed E-state index contributed by atoms with van der Waals surface area (Å²) >= 11 is 5.70. The van der Waals surface area contributed by atoms with E-state index in [2.05, 4.69) is 97.1 Å². The van der Waals surface area contributed by atoms with Gasteiger partial charge in [-0.15, -0.1) is 11.8 Å². The fourth-order valence-electron chi connectivity index (χ4n) is 4.78. The van der Waals surface area contributed by atoms with Gasteiger partial charge in [0, 0.05) is 15.4 Å². The fourth-order valence-corrected chi connectivity index (χ4v) is 12.0. The van der Waals surface area contributed by atoms with Crippen molar-refractivity contribution in [2.75, 3.05) is 4.98 Å². The van der Waals surface area contributed by atoms with Gasteiger partial charge in [0.05, 0.1) is 0 Å². The van der Waals surface area contributed by atoms with Crippen molar-refractivity contribution in [1.82, 2.24) is 0 Å². The molecule has 1 aromatic rings. The zero-order valence-electron chi connectivity index (χ0n) is 15.0. The molecule has 23 heavy (non-hydrogen) atoms. The third-order valence-corrected chi connectivity index (χ3v) is 11.4. The molecule has 1 N–H and O–H groups in total. The molecule has 1 heterocycles. The highest BCUT2D eigenvalue weighted by Gasteiger charge is 2.53. The molecule has 0 radical (unpaired) electrons. The average Bonchev–Trinajstić information content (AvgIpc) is 2.98. The number of nitrogens with one attached hydrogen (secondary N) is 1. The zero-order valence-corrected chi connectivity index (χ0v) is 18.4. The summed E-state index contributed by atoms with van der Waals surface area (Å²) in [5.74, 6) is 2.38. The minimum atomic E-state index is -1.61. The Morgan fingerprint density at radius 2 is 1.70 bits per heavy atom. The van der Waals surface area contributed by atoms with Gasteiger partial charge in [0.15, 0.2) is 8.24 Å². The van der Waals surface area contributed by atoms with Crippen LogP contribution in [0.1, 0.15) is 25.0 Å². The summed E-state index contributed by atoms with van der Waals surface area (Å²) < 4.78 is 1.18. The summed E-state index contributed by atoms with van der Waals surface area (Å²) in [7, 11) is -1.61. The maximum absolute atomic E-state index is 4.06. The normalized spacial score (nSPS) is 33.1. The van der Waals surface area contributed by atoms with Gasteiger partial charge in [-0.05, 0) is 65.8 Å². The van der Waals surface area contributed by atoms with E-state index in [4.69, 9.17) is 0 Å². The van der Waals surface area contributed by atoms with Gasteiger partial charge in [0.1, 0.15) is 0 Å². The standard InChI is InChI=1S/C19H28BrNSSi/c1-11-9-15(20)10-12(2)17(11)21-23(5,6)19-14(4)13(3)16-7-8-22-18(16)19/h7-10,13-14,16,18-19,21H,1-6H3. The Kier molecular flexibility index (Phi) is 4.80. The molecule has 5 atom stereocenters. The van der Waals surface area contributed by atoms with E-state index in [1.165, 1.54) is 21.3 Å². The van der Waals surface area contributed by atoms with Gasteiger partial charge in [-0.2, -0.15) is 0 Å². The van der Waals surface area contributed by atoms with Gasteiger partial charge >= 0.3 is 0 Å². The molecule has 0 amide bonds. The lowest BCUT2D eigenvalue weighted by molar-refractivity contribution is 0.406. The molecule has 0 bridgehead atoms. The summed E-state index contributed by atoms with van der Waals surface area (Å²) in [6, 6.07) is 4.46. The van der Waals surface area contributed by atoms with Crippen molar-refractivity contribution in [3.63, 3.8) is 0 Å². The van der Waals surface area contributed by atoms with Crippen molar-refractivity contribution in [2.24, 2.45) is 17.8 Å². The highest BCUT2D eigenvalue weighted by atomic mass is 79.9. The van der Waals surface area contributed by atoms with E-state index >= 15 is 0 Å². The van der Waals surface area contributed by atoms with E-state index in [1.807, 2.05) is 0 Å². The molecular formula is C19H28BrNSSi. The Morgan fingerprint density at radius 1 is 1.09 bits per heavy atom. The molecule has 2 aliphatic rings. The molecule has 4 heteroatoms. The molecule has 1 fully saturated rings. The first-order valence-electron chi connectivity index (χ1n) is 8.59. The maximum atomic E-state index is 4.06. The number of thioether (sulfide) groups is 1. The average molecular weight is 410 g/mol. The van der Waals surface area contributed by atoms with Gasteiger partial charge in [0.25, 0.3) is 0 Å². The number of allylic oxidation sites excluding steroid dienone is 1. The Bertz CT molecular complexity index is 619. The summed E-state index contributed by atoms with van der Waals surface area (Å²) in [6.07, 6.45) is 2.47. The van der Waals surface area contributed by atoms with Crippen molar-refractivity contribution < 1.29 is 0 Å². The fraction of sp³-hybridized carbons (Fsp3) is 0.579. The number of benzene rings is 1. The second-order valence-electron chi connectivity index (χ2n) is 8.01. The highest BCUT2D eigenvalue weighted by molar-refractivity contribution is 9.10. The van der Waals surface area contributed by atoms with Gasteiger partial charge in [-0.25, -0.2) is 0 Å². The summed E-state index contributed by atoms with van der Waals surface area (Å²) in [6.45, 7) is 14.4. The number of fused-ring (bicyclic) bond motifs is 1. The zero-order chi connectivity index (χ0) is 16.9. The molecule has 126 valence electrons. The van der Waals surface area contributed by atoms with Crippen LogP contribution in [0.3, 0.4) is 0 Å². The van der Waals surface area contributed by atoms with Gasteiger partial charge in [-0.1, -0.05) is 48.9 Å². The van der Waals surface area contributed by atoms with Crippen molar-refractivity contribution >= 4 is 41.6 Å². The Morgan fingerprint density at radius 3 is 2.30 bits per heavy atom. The number of anilines is 1. The summed E-state index contributed by atoms with van der Waals surface area (Å²) in [5, 5.41) is 3.14. The number of hydrogen-bond donors (Lipinski definition) is 1. The first-order chi connectivity index (χ1) is 10.7. The first-order valence-corrected chi connectivity index (χ1v) is 13.4. The quantitative estimate of drug-likeness (QED) is 0.565. The minimum absolute atomic E-state index is 0.778. The van der Waals surface area contributed by atoms with Crippen LogP contribution in [-0.2, 0) is 0 Å². The lowest BCUT2D eigenvalue weighted by atomic mass is 9.93. The van der Waals surface area contributed by atoms with E-state index in [0.717, 1.165) is 28.5 Å². The largest absolute Gasteiger partial charge is 0.410 e. The van der Waals surface area contributed by atoms with E-state index in [9.17, 15) is 0 Å². The van der Waals surface area contributed by atoms with E-state index in [-0.39, 0.29) is 0 Å². The highest BCUT2D eigenvalue weighted by Crippen LogP contribution is 2.58. The molecule has 3 rings (SSSR count). The smallest absolute Gasteiger partial charge is 0.151 e. The molecule has 0 spiro atoms. The predicted molar refractivity (Wildman–Crippen MR) is 111 cm³/mol. The Hall–Kier alpha value is -0.193. The van der Waals surface area contributed by atoms with Crippen molar-refractivity contribution in [3.05, 3.63) is 39.2 Å². The third kappa shape index (κ3) is 3.07. The molecule has 1 saturated carbocycles. The van der Waals surface area contributed by atoms with Crippen LogP contribution < -0.4 is 4.98 Å². The SMILES string of the molecule is Cc1cc(Br)cc(C)c1N[Si](C)(C)C1C(C)C(C)C2C=CSC21. The van der Waals surface area contributed by atoms with Crippen molar-refractivity contribution in [3.8, 4) is 0 Å². The maximum Gasteiger partial charge on any atom is 0.151 e.